The number of esters is 1. The molecule has 0 radical (unpaired) electrons. The summed E-state index contributed by atoms with van der Waals surface area (Å²) < 4.78 is 4.66. The van der Waals surface area contributed by atoms with E-state index in [1.807, 2.05) is 6.92 Å². The Hall–Kier alpha value is -1.06. The largest absolute Gasteiger partial charge is 0.479 e. The van der Waals surface area contributed by atoms with E-state index < -0.39 is 18.0 Å². The molecule has 0 aliphatic heterocycles. The maximum Gasteiger partial charge on any atom is 0.345 e. The Labute approximate surface area is 71.5 Å². The first kappa shape index (κ1) is 10.9. The number of aliphatic carboxylic acids is 1. The zero-order chi connectivity index (χ0) is 9.56. The van der Waals surface area contributed by atoms with Crippen LogP contribution in [-0.2, 0) is 14.3 Å². The minimum absolute atomic E-state index is 0.216. The SMILES string of the molecule is CCC[C@H](OC(=O)CC)C(=O)O. The van der Waals surface area contributed by atoms with Crippen LogP contribution in [0, 0.1) is 0 Å². The second-order valence-corrected chi connectivity index (χ2v) is 2.46. The average Bonchev–Trinajstić information content (AvgIpc) is 2.03. The second-order valence-electron chi connectivity index (χ2n) is 2.46. The molecule has 0 unspecified atom stereocenters. The Morgan fingerprint density at radius 3 is 2.33 bits per heavy atom. The van der Waals surface area contributed by atoms with E-state index in [4.69, 9.17) is 5.11 Å². The summed E-state index contributed by atoms with van der Waals surface area (Å²) in [5.41, 5.74) is 0. The summed E-state index contributed by atoms with van der Waals surface area (Å²) in [6, 6.07) is 0. The minimum Gasteiger partial charge on any atom is -0.479 e. The third kappa shape index (κ3) is 3.95. The van der Waals surface area contributed by atoms with Gasteiger partial charge in [0.2, 0.25) is 0 Å². The van der Waals surface area contributed by atoms with Crippen molar-refractivity contribution < 1.29 is 19.4 Å². The highest BCUT2D eigenvalue weighted by molar-refractivity contribution is 5.77. The summed E-state index contributed by atoms with van der Waals surface area (Å²) in [4.78, 5) is 21.2. The summed E-state index contributed by atoms with van der Waals surface area (Å²) in [6.45, 7) is 3.48. The van der Waals surface area contributed by atoms with Crippen molar-refractivity contribution in [3.05, 3.63) is 0 Å². The summed E-state index contributed by atoms with van der Waals surface area (Å²) in [7, 11) is 0. The fourth-order valence-electron chi connectivity index (χ4n) is 0.737. The smallest absolute Gasteiger partial charge is 0.345 e. The van der Waals surface area contributed by atoms with E-state index in [1.54, 1.807) is 6.92 Å². The molecular formula is C8H14O4. The van der Waals surface area contributed by atoms with Crippen LogP contribution in [0.5, 0.6) is 0 Å². The Morgan fingerprint density at radius 1 is 1.42 bits per heavy atom. The van der Waals surface area contributed by atoms with Gasteiger partial charge >= 0.3 is 11.9 Å². The molecule has 4 nitrogen and oxygen atoms in total. The van der Waals surface area contributed by atoms with Gasteiger partial charge in [0.1, 0.15) is 0 Å². The number of carboxylic acid groups (broad SMARTS) is 1. The quantitative estimate of drug-likeness (QED) is 0.636. The molecule has 1 N–H and O–H groups in total. The van der Waals surface area contributed by atoms with E-state index in [0.29, 0.717) is 12.8 Å². The van der Waals surface area contributed by atoms with Crippen molar-refractivity contribution >= 4 is 11.9 Å². The Bertz CT molecular complexity index is 162. The highest BCUT2D eigenvalue weighted by Crippen LogP contribution is 2.03. The summed E-state index contributed by atoms with van der Waals surface area (Å²) in [5.74, 6) is -1.53. The summed E-state index contributed by atoms with van der Waals surface area (Å²) >= 11 is 0. The van der Waals surface area contributed by atoms with Crippen LogP contribution in [0.3, 0.4) is 0 Å². The molecule has 0 bridgehead atoms. The molecule has 70 valence electrons. The molecule has 0 rings (SSSR count). The summed E-state index contributed by atoms with van der Waals surface area (Å²) in [6.07, 6.45) is 0.310. The van der Waals surface area contributed by atoms with E-state index in [1.165, 1.54) is 0 Å². The maximum atomic E-state index is 10.7. The molecule has 0 aromatic rings. The lowest BCUT2D eigenvalue weighted by atomic mass is 10.2. The number of carboxylic acids is 1. The first-order chi connectivity index (χ1) is 5.61. The van der Waals surface area contributed by atoms with Crippen LogP contribution in [0.4, 0.5) is 0 Å². The lowest BCUT2D eigenvalue weighted by Crippen LogP contribution is -2.26. The predicted molar refractivity (Wildman–Crippen MR) is 42.7 cm³/mol. The predicted octanol–water partition coefficient (Wildman–Crippen LogP) is 1.19. The van der Waals surface area contributed by atoms with Crippen LogP contribution in [0.25, 0.3) is 0 Å². The lowest BCUT2D eigenvalue weighted by molar-refractivity contribution is -0.164. The van der Waals surface area contributed by atoms with Crippen molar-refractivity contribution in [1.82, 2.24) is 0 Å². The van der Waals surface area contributed by atoms with Crippen molar-refractivity contribution in [3.63, 3.8) is 0 Å². The van der Waals surface area contributed by atoms with Gasteiger partial charge in [-0.25, -0.2) is 4.79 Å². The monoisotopic (exact) mass is 174 g/mol. The van der Waals surface area contributed by atoms with Gasteiger partial charge in [0.15, 0.2) is 6.10 Å². The first-order valence-electron chi connectivity index (χ1n) is 4.04. The van der Waals surface area contributed by atoms with Crippen LogP contribution in [0.2, 0.25) is 0 Å². The third-order valence-corrected chi connectivity index (χ3v) is 1.39. The molecule has 0 amide bonds. The van der Waals surface area contributed by atoms with Gasteiger partial charge in [-0.3, -0.25) is 4.79 Å². The molecule has 0 spiro atoms. The van der Waals surface area contributed by atoms with Crippen LogP contribution >= 0.6 is 0 Å². The first-order valence-corrected chi connectivity index (χ1v) is 4.04. The van der Waals surface area contributed by atoms with Gasteiger partial charge in [0.05, 0.1) is 0 Å². The molecule has 1 atom stereocenters. The van der Waals surface area contributed by atoms with Crippen LogP contribution in [0.1, 0.15) is 33.1 Å². The van der Waals surface area contributed by atoms with E-state index in [-0.39, 0.29) is 6.42 Å². The molecule has 4 heteroatoms. The molecule has 0 saturated carbocycles. The number of rotatable bonds is 5. The van der Waals surface area contributed by atoms with Gasteiger partial charge in [-0.2, -0.15) is 0 Å². The standard InChI is InChI=1S/C8H14O4/c1-3-5-6(8(10)11)12-7(9)4-2/h6H,3-5H2,1-2H3,(H,10,11)/t6-/m0/s1. The summed E-state index contributed by atoms with van der Waals surface area (Å²) in [5, 5.41) is 8.57. The normalized spacial score (nSPS) is 12.2. The average molecular weight is 174 g/mol. The lowest BCUT2D eigenvalue weighted by Gasteiger charge is -2.11. The second kappa shape index (κ2) is 5.57. The van der Waals surface area contributed by atoms with Crippen molar-refractivity contribution in [3.8, 4) is 0 Å². The number of carbonyl (C=O) groups excluding carboxylic acids is 1. The molecule has 0 aliphatic rings. The minimum atomic E-state index is -1.07. The van der Waals surface area contributed by atoms with E-state index >= 15 is 0 Å². The third-order valence-electron chi connectivity index (χ3n) is 1.39. The molecular weight excluding hydrogens is 160 g/mol. The number of hydrogen-bond acceptors (Lipinski definition) is 3. The number of hydrogen-bond donors (Lipinski definition) is 1. The van der Waals surface area contributed by atoms with Crippen molar-refractivity contribution in [1.29, 1.82) is 0 Å². The Kier molecular flexibility index (Phi) is 5.08. The van der Waals surface area contributed by atoms with E-state index in [9.17, 15) is 9.59 Å². The molecule has 0 aromatic heterocycles. The Morgan fingerprint density at radius 2 is 2.00 bits per heavy atom. The Balaban J connectivity index is 3.95. The molecule has 0 fully saturated rings. The highest BCUT2D eigenvalue weighted by atomic mass is 16.6. The topological polar surface area (TPSA) is 63.6 Å². The zero-order valence-corrected chi connectivity index (χ0v) is 7.37. The van der Waals surface area contributed by atoms with Crippen molar-refractivity contribution in [2.75, 3.05) is 0 Å². The molecule has 12 heavy (non-hydrogen) atoms. The number of ether oxygens (including phenoxy) is 1. The van der Waals surface area contributed by atoms with E-state index in [2.05, 4.69) is 4.74 Å². The van der Waals surface area contributed by atoms with Crippen molar-refractivity contribution in [2.45, 2.75) is 39.2 Å². The number of carbonyl (C=O) groups is 2. The van der Waals surface area contributed by atoms with Crippen LogP contribution in [0.15, 0.2) is 0 Å². The van der Waals surface area contributed by atoms with E-state index in [0.717, 1.165) is 0 Å². The van der Waals surface area contributed by atoms with Gasteiger partial charge in [0.25, 0.3) is 0 Å². The molecule has 0 saturated heterocycles. The highest BCUT2D eigenvalue weighted by Gasteiger charge is 2.19. The van der Waals surface area contributed by atoms with Crippen LogP contribution < -0.4 is 0 Å². The zero-order valence-electron chi connectivity index (χ0n) is 7.37. The van der Waals surface area contributed by atoms with Gasteiger partial charge in [-0.05, 0) is 6.42 Å². The fourth-order valence-corrected chi connectivity index (χ4v) is 0.737. The molecule has 0 aliphatic carbocycles. The van der Waals surface area contributed by atoms with Crippen molar-refractivity contribution in [2.24, 2.45) is 0 Å². The van der Waals surface area contributed by atoms with Crippen LogP contribution in [-0.4, -0.2) is 23.1 Å². The fraction of sp³-hybridized carbons (Fsp3) is 0.750. The maximum absolute atomic E-state index is 10.7. The van der Waals surface area contributed by atoms with Gasteiger partial charge in [0, 0.05) is 6.42 Å². The van der Waals surface area contributed by atoms with Gasteiger partial charge in [-0.15, -0.1) is 0 Å². The van der Waals surface area contributed by atoms with Gasteiger partial charge in [-0.1, -0.05) is 20.3 Å². The molecule has 0 heterocycles. The molecule has 0 aromatic carbocycles. The van der Waals surface area contributed by atoms with Gasteiger partial charge < -0.3 is 9.84 Å².